The lowest BCUT2D eigenvalue weighted by atomic mass is 9.91. The molecule has 0 aromatic heterocycles. The number of anilines is 1. The summed E-state index contributed by atoms with van der Waals surface area (Å²) in [7, 11) is 5.72. The predicted octanol–water partition coefficient (Wildman–Crippen LogP) is 5.34. The normalized spacial score (nSPS) is 15.1. The third kappa shape index (κ3) is 4.75. The average Bonchev–Trinajstić information content (AvgIpc) is 2.81. The minimum absolute atomic E-state index is 0.0111. The first kappa shape index (κ1) is 22.2. The second-order valence-corrected chi connectivity index (χ2v) is 8.95. The Morgan fingerprint density at radius 1 is 1.06 bits per heavy atom. The van der Waals surface area contributed by atoms with E-state index in [0.717, 1.165) is 33.6 Å². The maximum atomic E-state index is 13.5. The van der Waals surface area contributed by atoms with Crippen molar-refractivity contribution in [2.24, 2.45) is 0 Å². The number of carbonyl (C=O) groups excluding carboxylic acids is 1. The summed E-state index contributed by atoms with van der Waals surface area (Å²) >= 11 is 3.48. The molecule has 1 aliphatic rings. The molecule has 0 saturated carbocycles. The molecule has 5 nitrogen and oxygen atoms in total. The fourth-order valence-electron chi connectivity index (χ4n) is 4.03. The molecule has 3 aromatic carbocycles. The molecule has 1 amide bonds. The van der Waals surface area contributed by atoms with E-state index in [1.807, 2.05) is 67.5 Å². The summed E-state index contributed by atoms with van der Waals surface area (Å²) in [6.45, 7) is 1.02. The van der Waals surface area contributed by atoms with E-state index in [1.54, 1.807) is 7.11 Å². The molecule has 32 heavy (non-hydrogen) atoms. The van der Waals surface area contributed by atoms with Crippen molar-refractivity contribution in [3.05, 3.63) is 87.9 Å². The van der Waals surface area contributed by atoms with Crippen LogP contribution in [0.4, 0.5) is 5.69 Å². The van der Waals surface area contributed by atoms with Gasteiger partial charge in [0.25, 0.3) is 5.91 Å². The molecular formula is C26H27BrN2O3. The van der Waals surface area contributed by atoms with Gasteiger partial charge in [0.15, 0.2) is 0 Å². The Balaban J connectivity index is 1.64. The zero-order valence-electron chi connectivity index (χ0n) is 18.5. The summed E-state index contributed by atoms with van der Waals surface area (Å²) in [5.41, 5.74) is 4.23. The number of fused-ring (bicyclic) bond motifs is 1. The van der Waals surface area contributed by atoms with Crippen LogP contribution in [0.1, 0.15) is 27.5 Å². The van der Waals surface area contributed by atoms with Gasteiger partial charge in [0.05, 0.1) is 13.2 Å². The smallest absolute Gasteiger partial charge is 0.254 e. The van der Waals surface area contributed by atoms with E-state index in [1.165, 1.54) is 5.56 Å². The molecule has 0 aliphatic carbocycles. The highest BCUT2D eigenvalue weighted by atomic mass is 79.9. The molecule has 166 valence electrons. The van der Waals surface area contributed by atoms with Crippen LogP contribution in [0.5, 0.6) is 11.5 Å². The molecule has 0 spiro atoms. The number of methoxy groups -OCH3 is 1. The summed E-state index contributed by atoms with van der Waals surface area (Å²) in [5.74, 6) is 1.54. The highest BCUT2D eigenvalue weighted by molar-refractivity contribution is 9.10. The van der Waals surface area contributed by atoms with Gasteiger partial charge in [-0.3, -0.25) is 4.79 Å². The summed E-state index contributed by atoms with van der Waals surface area (Å²) in [6.07, 6.45) is 0.815. The van der Waals surface area contributed by atoms with Gasteiger partial charge in [0.2, 0.25) is 0 Å². The molecule has 1 aliphatic heterocycles. The summed E-state index contributed by atoms with van der Waals surface area (Å²) in [6, 6.07) is 21.3. The van der Waals surface area contributed by atoms with E-state index in [-0.39, 0.29) is 11.9 Å². The average molecular weight is 495 g/mol. The molecule has 1 atom stereocenters. The lowest BCUT2D eigenvalue weighted by Gasteiger charge is -2.37. The minimum atomic E-state index is -0.177. The van der Waals surface area contributed by atoms with Crippen molar-refractivity contribution >= 4 is 27.5 Å². The SMILES string of the molecule is COc1ccc(OCC2c3ccc(N(C)C)cc3CCN2C(=O)c2cccc(Br)c2)cc1. The molecule has 1 heterocycles. The van der Waals surface area contributed by atoms with Gasteiger partial charge in [-0.1, -0.05) is 28.1 Å². The van der Waals surface area contributed by atoms with Crippen molar-refractivity contribution in [2.45, 2.75) is 12.5 Å². The van der Waals surface area contributed by atoms with Crippen molar-refractivity contribution in [3.8, 4) is 11.5 Å². The molecular weight excluding hydrogens is 468 g/mol. The molecule has 6 heteroatoms. The van der Waals surface area contributed by atoms with Gasteiger partial charge in [0, 0.05) is 36.4 Å². The molecule has 4 rings (SSSR count). The Bertz CT molecular complexity index is 1100. The number of hydrogen-bond acceptors (Lipinski definition) is 4. The zero-order valence-corrected chi connectivity index (χ0v) is 20.1. The van der Waals surface area contributed by atoms with Gasteiger partial charge >= 0.3 is 0 Å². The molecule has 0 fully saturated rings. The predicted molar refractivity (Wildman–Crippen MR) is 131 cm³/mol. The fourth-order valence-corrected chi connectivity index (χ4v) is 4.43. The van der Waals surface area contributed by atoms with Crippen molar-refractivity contribution in [1.29, 1.82) is 0 Å². The second-order valence-electron chi connectivity index (χ2n) is 8.04. The van der Waals surface area contributed by atoms with Crippen molar-refractivity contribution in [1.82, 2.24) is 4.90 Å². The van der Waals surface area contributed by atoms with E-state index in [9.17, 15) is 4.79 Å². The number of halogens is 1. The van der Waals surface area contributed by atoms with Crippen LogP contribution in [-0.2, 0) is 6.42 Å². The van der Waals surface area contributed by atoms with E-state index in [0.29, 0.717) is 18.7 Å². The summed E-state index contributed by atoms with van der Waals surface area (Å²) < 4.78 is 12.3. The molecule has 0 radical (unpaired) electrons. The fraction of sp³-hybridized carbons (Fsp3) is 0.269. The maximum absolute atomic E-state index is 13.5. The van der Waals surface area contributed by atoms with Crippen LogP contribution in [-0.4, -0.2) is 45.2 Å². The van der Waals surface area contributed by atoms with Crippen LogP contribution in [0.3, 0.4) is 0 Å². The lowest BCUT2D eigenvalue weighted by Crippen LogP contribution is -2.42. The van der Waals surface area contributed by atoms with E-state index in [4.69, 9.17) is 9.47 Å². The monoisotopic (exact) mass is 494 g/mol. The largest absolute Gasteiger partial charge is 0.497 e. The number of nitrogens with zero attached hydrogens (tertiary/aromatic N) is 2. The zero-order chi connectivity index (χ0) is 22.7. The van der Waals surface area contributed by atoms with Crippen LogP contribution in [0, 0.1) is 0 Å². The third-order valence-corrected chi connectivity index (χ3v) is 6.29. The first-order valence-electron chi connectivity index (χ1n) is 10.6. The molecule has 3 aromatic rings. The Morgan fingerprint density at radius 2 is 1.81 bits per heavy atom. The molecule has 0 saturated heterocycles. The number of amides is 1. The van der Waals surface area contributed by atoms with Gasteiger partial charge < -0.3 is 19.3 Å². The third-order valence-electron chi connectivity index (χ3n) is 5.80. The van der Waals surface area contributed by atoms with Gasteiger partial charge in [-0.25, -0.2) is 0 Å². The highest BCUT2D eigenvalue weighted by Crippen LogP contribution is 2.34. The highest BCUT2D eigenvalue weighted by Gasteiger charge is 2.32. The van der Waals surface area contributed by atoms with Crippen molar-refractivity contribution in [3.63, 3.8) is 0 Å². The molecule has 0 N–H and O–H groups in total. The van der Waals surface area contributed by atoms with Crippen LogP contribution < -0.4 is 14.4 Å². The quantitative estimate of drug-likeness (QED) is 0.463. The van der Waals surface area contributed by atoms with Gasteiger partial charge in [-0.2, -0.15) is 0 Å². The van der Waals surface area contributed by atoms with E-state index in [2.05, 4.69) is 39.0 Å². The summed E-state index contributed by atoms with van der Waals surface area (Å²) in [4.78, 5) is 17.5. The number of rotatable bonds is 6. The minimum Gasteiger partial charge on any atom is -0.497 e. The lowest BCUT2D eigenvalue weighted by molar-refractivity contribution is 0.0590. The number of ether oxygens (including phenoxy) is 2. The first-order valence-corrected chi connectivity index (χ1v) is 11.4. The van der Waals surface area contributed by atoms with Crippen molar-refractivity contribution < 1.29 is 14.3 Å². The van der Waals surface area contributed by atoms with Crippen LogP contribution >= 0.6 is 15.9 Å². The van der Waals surface area contributed by atoms with Crippen LogP contribution in [0.2, 0.25) is 0 Å². The first-order chi connectivity index (χ1) is 15.5. The van der Waals surface area contributed by atoms with E-state index >= 15 is 0 Å². The van der Waals surface area contributed by atoms with Crippen molar-refractivity contribution in [2.75, 3.05) is 39.3 Å². The van der Waals surface area contributed by atoms with Gasteiger partial charge in [0.1, 0.15) is 18.1 Å². The summed E-state index contributed by atoms with van der Waals surface area (Å²) in [5, 5.41) is 0. The van der Waals surface area contributed by atoms with E-state index < -0.39 is 0 Å². The Hall–Kier alpha value is -2.99. The number of hydrogen-bond donors (Lipinski definition) is 0. The Labute approximate surface area is 197 Å². The van der Waals surface area contributed by atoms with Crippen LogP contribution in [0.15, 0.2) is 71.2 Å². The molecule has 1 unspecified atom stereocenters. The van der Waals surface area contributed by atoms with Gasteiger partial charge in [-0.15, -0.1) is 0 Å². The number of carbonyl (C=O) groups is 1. The topological polar surface area (TPSA) is 42.0 Å². The second kappa shape index (κ2) is 9.65. The molecule has 0 bridgehead atoms. The number of benzene rings is 3. The van der Waals surface area contributed by atoms with Gasteiger partial charge in [-0.05, 0) is 72.1 Å². The standard InChI is InChI=1S/C26H27BrN2O3/c1-28(2)21-7-12-24-18(16-21)13-14-29(26(30)19-5-4-6-20(27)15-19)25(24)17-32-23-10-8-22(31-3)9-11-23/h4-12,15-16,25H,13-14,17H2,1-3H3. The Kier molecular flexibility index (Phi) is 6.70. The van der Waals surface area contributed by atoms with Crippen LogP contribution in [0.25, 0.3) is 0 Å². The maximum Gasteiger partial charge on any atom is 0.254 e. The Morgan fingerprint density at radius 3 is 2.50 bits per heavy atom.